The quantitative estimate of drug-likeness (QED) is 0.680. The standard InChI is InChI=1S/C15H12N2O/c1-11-7-8-13(12-5-3-2-4-6-12)9-14(11)15-17-16-10-18-15/h2-10H,1H3. The molecule has 0 aliphatic rings. The molecule has 0 saturated carbocycles. The minimum atomic E-state index is 0.560. The Morgan fingerprint density at radius 2 is 1.78 bits per heavy atom. The highest BCUT2D eigenvalue weighted by atomic mass is 16.4. The number of rotatable bonds is 2. The minimum absolute atomic E-state index is 0.560. The average molecular weight is 236 g/mol. The van der Waals surface area contributed by atoms with Gasteiger partial charge in [0.15, 0.2) is 0 Å². The predicted octanol–water partition coefficient (Wildman–Crippen LogP) is 3.71. The van der Waals surface area contributed by atoms with Gasteiger partial charge in [0, 0.05) is 5.56 Å². The zero-order valence-electron chi connectivity index (χ0n) is 10.00. The van der Waals surface area contributed by atoms with E-state index in [0.29, 0.717) is 5.89 Å². The molecule has 0 fully saturated rings. The molecule has 0 N–H and O–H groups in total. The van der Waals surface area contributed by atoms with Crippen LogP contribution in [0.4, 0.5) is 0 Å². The first-order valence-corrected chi connectivity index (χ1v) is 5.77. The fourth-order valence-corrected chi connectivity index (χ4v) is 1.95. The second kappa shape index (κ2) is 4.45. The van der Waals surface area contributed by atoms with Crippen LogP contribution in [0.2, 0.25) is 0 Å². The molecule has 2 aromatic carbocycles. The molecule has 1 heterocycles. The molecule has 0 amide bonds. The Bertz CT molecular complexity index is 646. The lowest BCUT2D eigenvalue weighted by Crippen LogP contribution is -1.86. The molecular weight excluding hydrogens is 224 g/mol. The number of aromatic nitrogens is 2. The maximum absolute atomic E-state index is 5.27. The first kappa shape index (κ1) is 10.7. The van der Waals surface area contributed by atoms with Gasteiger partial charge in [-0.3, -0.25) is 0 Å². The highest BCUT2D eigenvalue weighted by Gasteiger charge is 2.08. The van der Waals surface area contributed by atoms with Crippen LogP contribution in [0.1, 0.15) is 5.56 Å². The third-order valence-electron chi connectivity index (χ3n) is 2.94. The van der Waals surface area contributed by atoms with E-state index in [0.717, 1.165) is 16.7 Å². The fourth-order valence-electron chi connectivity index (χ4n) is 1.95. The zero-order chi connectivity index (χ0) is 12.4. The monoisotopic (exact) mass is 236 g/mol. The van der Waals surface area contributed by atoms with Crippen LogP contribution in [0.25, 0.3) is 22.6 Å². The molecule has 0 saturated heterocycles. The van der Waals surface area contributed by atoms with Gasteiger partial charge in [0.05, 0.1) is 0 Å². The molecule has 18 heavy (non-hydrogen) atoms. The van der Waals surface area contributed by atoms with Crippen LogP contribution in [0.3, 0.4) is 0 Å². The van der Waals surface area contributed by atoms with Gasteiger partial charge in [-0.25, -0.2) is 0 Å². The van der Waals surface area contributed by atoms with E-state index in [-0.39, 0.29) is 0 Å². The van der Waals surface area contributed by atoms with E-state index in [1.807, 2.05) is 25.1 Å². The van der Waals surface area contributed by atoms with Crippen LogP contribution >= 0.6 is 0 Å². The van der Waals surface area contributed by atoms with E-state index in [1.165, 1.54) is 12.0 Å². The molecule has 3 aromatic rings. The van der Waals surface area contributed by atoms with Crippen LogP contribution in [0.15, 0.2) is 59.3 Å². The first-order valence-electron chi connectivity index (χ1n) is 5.77. The summed E-state index contributed by atoms with van der Waals surface area (Å²) >= 11 is 0. The van der Waals surface area contributed by atoms with E-state index < -0.39 is 0 Å². The van der Waals surface area contributed by atoms with E-state index in [4.69, 9.17) is 4.42 Å². The highest BCUT2D eigenvalue weighted by molar-refractivity contribution is 5.71. The lowest BCUT2D eigenvalue weighted by molar-refractivity contribution is 0.568. The normalized spacial score (nSPS) is 10.5. The predicted molar refractivity (Wildman–Crippen MR) is 69.9 cm³/mol. The molecule has 3 rings (SSSR count). The van der Waals surface area contributed by atoms with Crippen molar-refractivity contribution in [1.82, 2.24) is 10.2 Å². The van der Waals surface area contributed by atoms with Gasteiger partial charge in [-0.05, 0) is 29.7 Å². The number of nitrogens with zero attached hydrogens (tertiary/aromatic N) is 2. The number of hydrogen-bond donors (Lipinski definition) is 0. The molecule has 1 aromatic heterocycles. The maximum atomic E-state index is 5.27. The van der Waals surface area contributed by atoms with Crippen molar-refractivity contribution in [3.63, 3.8) is 0 Å². The topological polar surface area (TPSA) is 38.9 Å². The second-order valence-electron chi connectivity index (χ2n) is 4.14. The van der Waals surface area contributed by atoms with Crippen molar-refractivity contribution in [2.45, 2.75) is 6.92 Å². The number of hydrogen-bond acceptors (Lipinski definition) is 3. The van der Waals surface area contributed by atoms with Gasteiger partial charge in [0.1, 0.15) is 0 Å². The molecule has 0 aliphatic heterocycles. The van der Waals surface area contributed by atoms with Gasteiger partial charge in [-0.1, -0.05) is 42.5 Å². The van der Waals surface area contributed by atoms with Crippen molar-refractivity contribution in [1.29, 1.82) is 0 Å². The van der Waals surface area contributed by atoms with E-state index >= 15 is 0 Å². The molecule has 0 bridgehead atoms. The Labute approximate surface area is 105 Å². The smallest absolute Gasteiger partial charge is 0.247 e. The summed E-state index contributed by atoms with van der Waals surface area (Å²) in [5.41, 5.74) is 4.43. The third kappa shape index (κ3) is 1.91. The molecule has 0 unspecified atom stereocenters. The maximum Gasteiger partial charge on any atom is 0.247 e. The van der Waals surface area contributed by atoms with Crippen molar-refractivity contribution in [2.24, 2.45) is 0 Å². The molecule has 0 aliphatic carbocycles. The number of aryl methyl sites for hydroxylation is 1. The third-order valence-corrected chi connectivity index (χ3v) is 2.94. The van der Waals surface area contributed by atoms with Crippen molar-refractivity contribution < 1.29 is 4.42 Å². The van der Waals surface area contributed by atoms with Crippen LogP contribution in [0.5, 0.6) is 0 Å². The van der Waals surface area contributed by atoms with Crippen molar-refractivity contribution in [3.8, 4) is 22.6 Å². The molecule has 3 heteroatoms. The first-order chi connectivity index (χ1) is 8.84. The Hall–Kier alpha value is -2.42. The summed E-state index contributed by atoms with van der Waals surface area (Å²) in [5.74, 6) is 0.560. The van der Waals surface area contributed by atoms with Gasteiger partial charge in [-0.15, -0.1) is 10.2 Å². The summed E-state index contributed by atoms with van der Waals surface area (Å²) < 4.78 is 5.27. The molecule has 0 atom stereocenters. The van der Waals surface area contributed by atoms with Gasteiger partial charge >= 0.3 is 0 Å². The minimum Gasteiger partial charge on any atom is -0.423 e. The van der Waals surface area contributed by atoms with Gasteiger partial charge < -0.3 is 4.42 Å². The van der Waals surface area contributed by atoms with Crippen LogP contribution in [-0.2, 0) is 0 Å². The summed E-state index contributed by atoms with van der Waals surface area (Å²) in [6, 6.07) is 16.5. The second-order valence-corrected chi connectivity index (χ2v) is 4.14. The van der Waals surface area contributed by atoms with Crippen molar-refractivity contribution in [2.75, 3.05) is 0 Å². The fraction of sp³-hybridized carbons (Fsp3) is 0.0667. The zero-order valence-corrected chi connectivity index (χ0v) is 10.00. The Morgan fingerprint density at radius 3 is 2.50 bits per heavy atom. The average Bonchev–Trinajstić information content (AvgIpc) is 2.94. The summed E-state index contributed by atoms with van der Waals surface area (Å²) in [7, 11) is 0. The molecule has 88 valence electrons. The van der Waals surface area contributed by atoms with Crippen LogP contribution in [-0.4, -0.2) is 10.2 Å². The van der Waals surface area contributed by atoms with Crippen LogP contribution < -0.4 is 0 Å². The SMILES string of the molecule is Cc1ccc(-c2ccccc2)cc1-c1nnco1. The van der Waals surface area contributed by atoms with Gasteiger partial charge in [0.25, 0.3) is 0 Å². The lowest BCUT2D eigenvalue weighted by Gasteiger charge is -2.06. The molecular formula is C15H12N2O. The van der Waals surface area contributed by atoms with E-state index in [9.17, 15) is 0 Å². The summed E-state index contributed by atoms with van der Waals surface area (Å²) in [4.78, 5) is 0. The van der Waals surface area contributed by atoms with Gasteiger partial charge in [-0.2, -0.15) is 0 Å². The molecule has 0 spiro atoms. The van der Waals surface area contributed by atoms with Crippen molar-refractivity contribution >= 4 is 0 Å². The van der Waals surface area contributed by atoms with Crippen LogP contribution in [0, 0.1) is 6.92 Å². The lowest BCUT2D eigenvalue weighted by atomic mass is 10.00. The Kier molecular flexibility index (Phi) is 2.65. The summed E-state index contributed by atoms with van der Waals surface area (Å²) in [6.45, 7) is 2.04. The Balaban J connectivity index is 2.12. The highest BCUT2D eigenvalue weighted by Crippen LogP contribution is 2.27. The molecule has 3 nitrogen and oxygen atoms in total. The van der Waals surface area contributed by atoms with Gasteiger partial charge in [0.2, 0.25) is 12.3 Å². The molecule has 0 radical (unpaired) electrons. The van der Waals surface area contributed by atoms with Crippen molar-refractivity contribution in [3.05, 3.63) is 60.5 Å². The number of benzene rings is 2. The summed E-state index contributed by atoms with van der Waals surface area (Å²) in [6.07, 6.45) is 1.35. The largest absolute Gasteiger partial charge is 0.423 e. The van der Waals surface area contributed by atoms with E-state index in [1.54, 1.807) is 0 Å². The summed E-state index contributed by atoms with van der Waals surface area (Å²) in [5, 5.41) is 7.69. The van der Waals surface area contributed by atoms with E-state index in [2.05, 4.69) is 40.5 Å². The Morgan fingerprint density at radius 1 is 0.944 bits per heavy atom.